The topological polar surface area (TPSA) is 130 Å². The third-order valence-electron chi connectivity index (χ3n) is 5.80. The number of halogens is 1. The van der Waals surface area contributed by atoms with Gasteiger partial charge in [-0.05, 0) is 56.4 Å². The second-order valence-corrected chi connectivity index (χ2v) is 8.76. The summed E-state index contributed by atoms with van der Waals surface area (Å²) in [5.74, 6) is -0.400. The average molecular weight is 559 g/mol. The summed E-state index contributed by atoms with van der Waals surface area (Å²) in [6.45, 7) is 2.17. The van der Waals surface area contributed by atoms with Crippen LogP contribution in [0.3, 0.4) is 0 Å². The van der Waals surface area contributed by atoms with Crippen LogP contribution in [0.4, 0.5) is 0 Å². The molecular formula is C26H39ClN2O9. The number of imide groups is 2. The van der Waals surface area contributed by atoms with Crippen molar-refractivity contribution in [2.75, 3.05) is 40.9 Å². The van der Waals surface area contributed by atoms with Gasteiger partial charge in [-0.25, -0.2) is 0 Å². The van der Waals surface area contributed by atoms with E-state index in [-0.39, 0.29) is 31.0 Å². The lowest BCUT2D eigenvalue weighted by Gasteiger charge is -2.28. The Morgan fingerprint density at radius 1 is 1.08 bits per heavy atom. The number of rotatable bonds is 15. The predicted octanol–water partition coefficient (Wildman–Crippen LogP) is 2.80. The van der Waals surface area contributed by atoms with Gasteiger partial charge < -0.3 is 23.7 Å². The maximum absolute atomic E-state index is 12.8. The van der Waals surface area contributed by atoms with Crippen LogP contribution in [0.1, 0.15) is 54.4 Å². The van der Waals surface area contributed by atoms with Crippen molar-refractivity contribution in [1.29, 1.82) is 0 Å². The van der Waals surface area contributed by atoms with Gasteiger partial charge in [-0.15, -0.1) is 11.6 Å². The van der Waals surface area contributed by atoms with Crippen LogP contribution in [0.25, 0.3) is 0 Å². The smallest absolute Gasteiger partial charge is 0.261 e. The summed E-state index contributed by atoms with van der Waals surface area (Å²) < 4.78 is 25.8. The van der Waals surface area contributed by atoms with Crippen molar-refractivity contribution < 1.29 is 42.9 Å². The number of methoxy groups -OCH3 is 4. The van der Waals surface area contributed by atoms with Crippen molar-refractivity contribution in [3.63, 3.8) is 0 Å². The van der Waals surface area contributed by atoms with E-state index in [0.29, 0.717) is 36.6 Å². The van der Waals surface area contributed by atoms with Gasteiger partial charge in [0, 0.05) is 52.7 Å². The fourth-order valence-electron chi connectivity index (χ4n) is 3.66. The average Bonchev–Trinajstić information content (AvgIpc) is 2.91. The molecule has 1 aromatic rings. The molecule has 1 N–H and O–H groups in total. The van der Waals surface area contributed by atoms with Gasteiger partial charge in [0.05, 0.1) is 6.61 Å². The Labute approximate surface area is 229 Å². The van der Waals surface area contributed by atoms with Crippen LogP contribution >= 0.6 is 11.6 Å². The number of piperidine rings is 1. The molecule has 2 rings (SSSR count). The van der Waals surface area contributed by atoms with Gasteiger partial charge in [-0.3, -0.25) is 29.4 Å². The normalized spacial score (nSPS) is 15.1. The second-order valence-electron chi connectivity index (χ2n) is 8.39. The van der Waals surface area contributed by atoms with Gasteiger partial charge in [-0.1, -0.05) is 0 Å². The lowest BCUT2D eigenvalue weighted by Crippen LogP contribution is -2.53. The Balaban J connectivity index is 0.000000686. The maximum atomic E-state index is 12.8. The van der Waals surface area contributed by atoms with E-state index >= 15 is 0 Å². The van der Waals surface area contributed by atoms with Gasteiger partial charge >= 0.3 is 0 Å². The highest BCUT2D eigenvalue weighted by atomic mass is 35.5. The van der Waals surface area contributed by atoms with Crippen molar-refractivity contribution in [3.8, 4) is 5.75 Å². The minimum atomic E-state index is -0.998. The van der Waals surface area contributed by atoms with Gasteiger partial charge in [0.25, 0.3) is 5.91 Å². The van der Waals surface area contributed by atoms with E-state index in [0.717, 1.165) is 24.2 Å². The van der Waals surface area contributed by atoms with Crippen molar-refractivity contribution in [2.24, 2.45) is 0 Å². The molecule has 11 nitrogen and oxygen atoms in total. The molecule has 38 heavy (non-hydrogen) atoms. The Hall–Kier alpha value is -2.57. The fraction of sp³-hybridized carbons (Fsp3) is 0.615. The lowest BCUT2D eigenvalue weighted by atomic mass is 10.0. The molecule has 0 saturated carbocycles. The van der Waals surface area contributed by atoms with Crippen molar-refractivity contribution in [3.05, 3.63) is 29.3 Å². The Morgan fingerprint density at radius 3 is 2.18 bits per heavy atom. The van der Waals surface area contributed by atoms with Crippen LogP contribution in [0.5, 0.6) is 5.75 Å². The summed E-state index contributed by atoms with van der Waals surface area (Å²) in [4.78, 5) is 48.4. The predicted molar refractivity (Wildman–Crippen MR) is 140 cm³/mol. The van der Waals surface area contributed by atoms with E-state index < -0.39 is 23.8 Å². The number of hydrogen-bond donors (Lipinski definition) is 1. The van der Waals surface area contributed by atoms with Crippen LogP contribution in [0, 0.1) is 6.92 Å². The molecular weight excluding hydrogens is 520 g/mol. The third kappa shape index (κ3) is 11.0. The lowest BCUT2D eigenvalue weighted by molar-refractivity contribution is -0.139. The molecule has 0 spiro atoms. The van der Waals surface area contributed by atoms with Gasteiger partial charge in [0.15, 0.2) is 12.6 Å². The van der Waals surface area contributed by atoms with E-state index in [1.165, 1.54) is 0 Å². The summed E-state index contributed by atoms with van der Waals surface area (Å²) in [5.41, 5.74) is 0.895. The molecule has 0 radical (unpaired) electrons. The first-order valence-corrected chi connectivity index (χ1v) is 12.8. The highest BCUT2D eigenvalue weighted by Crippen LogP contribution is 2.21. The summed E-state index contributed by atoms with van der Waals surface area (Å²) in [5, 5.41) is 2.15. The van der Waals surface area contributed by atoms with Gasteiger partial charge in [0.2, 0.25) is 18.2 Å². The summed E-state index contributed by atoms with van der Waals surface area (Å²) in [7, 11) is 6.40. The Morgan fingerprint density at radius 2 is 1.68 bits per heavy atom. The number of nitrogens with one attached hydrogen (secondary N) is 1. The van der Waals surface area contributed by atoms with Gasteiger partial charge in [-0.2, -0.15) is 0 Å². The van der Waals surface area contributed by atoms with Gasteiger partial charge in [0.1, 0.15) is 11.8 Å². The molecule has 1 atom stereocenters. The standard InChI is InChI=1S/C20H26N2O7.C6H13ClO2/c1-13-11-14(29-10-4-5-18(27-2)28-3)6-7-15(13)20(26)22(12-23)16-8-9-17(24)21-19(16)25;1-8-6(9-2)4-3-5-7/h6-7,11-12,16,18H,4-5,8-10H2,1-3H3,(H,21,24,25);6H,3-5H2,1-2H3. The Bertz CT molecular complexity index is 891. The summed E-state index contributed by atoms with van der Waals surface area (Å²) >= 11 is 5.45. The first kappa shape index (κ1) is 33.5. The number of aryl methyl sites for hydroxylation is 1. The molecule has 4 amide bonds. The van der Waals surface area contributed by atoms with E-state index in [2.05, 4.69) is 5.32 Å². The first-order valence-electron chi connectivity index (χ1n) is 12.3. The minimum absolute atomic E-state index is 0.0762. The summed E-state index contributed by atoms with van der Waals surface area (Å²) in [6.07, 6.45) is 3.37. The minimum Gasteiger partial charge on any atom is -0.494 e. The van der Waals surface area contributed by atoms with E-state index in [4.69, 9.17) is 35.3 Å². The monoisotopic (exact) mass is 558 g/mol. The van der Waals surface area contributed by atoms with Crippen LogP contribution in [0.15, 0.2) is 18.2 Å². The molecule has 1 aliphatic heterocycles. The number of benzene rings is 1. The molecule has 1 fully saturated rings. The number of alkyl halides is 1. The third-order valence-corrected chi connectivity index (χ3v) is 6.07. The molecule has 1 aliphatic rings. The number of carbonyl (C=O) groups is 4. The first-order chi connectivity index (χ1) is 18.3. The van der Waals surface area contributed by atoms with Crippen LogP contribution < -0.4 is 10.1 Å². The number of hydrogen-bond acceptors (Lipinski definition) is 9. The number of carbonyl (C=O) groups excluding carboxylic acids is 4. The van der Waals surface area contributed by atoms with Crippen molar-refractivity contribution in [2.45, 2.75) is 64.1 Å². The SMILES string of the molecule is COC(CCCCl)OC.COC(CCCOc1ccc(C(=O)N(C=O)C2CCC(=O)NC2=O)c(C)c1)OC. The maximum Gasteiger partial charge on any atom is 0.261 e. The fourth-order valence-corrected chi connectivity index (χ4v) is 3.82. The van der Waals surface area contributed by atoms with Crippen molar-refractivity contribution in [1.82, 2.24) is 10.2 Å². The van der Waals surface area contributed by atoms with Crippen LogP contribution in [0.2, 0.25) is 0 Å². The molecule has 0 bridgehead atoms. The summed E-state index contributed by atoms with van der Waals surface area (Å²) in [6, 6.07) is 3.90. The highest BCUT2D eigenvalue weighted by molar-refractivity contribution is 6.17. The molecule has 12 heteroatoms. The van der Waals surface area contributed by atoms with Crippen molar-refractivity contribution >= 4 is 35.7 Å². The molecule has 1 aromatic carbocycles. The second kappa shape index (κ2) is 18.6. The van der Waals surface area contributed by atoms with Crippen LogP contribution in [-0.2, 0) is 33.3 Å². The molecule has 214 valence electrons. The molecule has 1 saturated heterocycles. The largest absolute Gasteiger partial charge is 0.494 e. The highest BCUT2D eigenvalue weighted by Gasteiger charge is 2.35. The van der Waals surface area contributed by atoms with E-state index in [1.54, 1.807) is 53.6 Å². The van der Waals surface area contributed by atoms with E-state index in [9.17, 15) is 19.2 Å². The van der Waals surface area contributed by atoms with Crippen LogP contribution in [-0.4, -0.2) is 88.6 Å². The zero-order valence-corrected chi connectivity index (χ0v) is 23.5. The quantitative estimate of drug-likeness (QED) is 0.113. The number of amides is 4. The zero-order valence-electron chi connectivity index (χ0n) is 22.7. The number of nitrogens with zero attached hydrogens (tertiary/aromatic N) is 1. The number of ether oxygens (including phenoxy) is 5. The molecule has 0 aromatic heterocycles. The molecule has 0 aliphatic carbocycles. The molecule has 1 heterocycles. The van der Waals surface area contributed by atoms with E-state index in [1.807, 2.05) is 0 Å². The Kier molecular flexibility index (Phi) is 16.4. The molecule has 1 unspecified atom stereocenters. The zero-order chi connectivity index (χ0) is 28.5.